The van der Waals surface area contributed by atoms with Crippen molar-refractivity contribution in [2.75, 3.05) is 6.54 Å². The zero-order valence-electron chi connectivity index (χ0n) is 10.3. The molecule has 1 aromatic heterocycles. The standard InChI is InChI=1S/C13H16N2O3/c1-9-2-3-10(7-14-9)6-12(16)15(8-13(17)18)11-4-5-11/h2-3,7,11H,4-6,8H2,1H3,(H,17,18). The van der Waals surface area contributed by atoms with E-state index in [0.717, 1.165) is 24.1 Å². The van der Waals surface area contributed by atoms with Gasteiger partial charge in [-0.05, 0) is 31.4 Å². The second-order valence-electron chi connectivity index (χ2n) is 4.63. The summed E-state index contributed by atoms with van der Waals surface area (Å²) in [4.78, 5) is 28.4. The van der Waals surface area contributed by atoms with Crippen molar-refractivity contribution in [1.82, 2.24) is 9.88 Å². The van der Waals surface area contributed by atoms with Crippen LogP contribution in [0.15, 0.2) is 18.3 Å². The highest BCUT2D eigenvalue weighted by atomic mass is 16.4. The predicted molar refractivity (Wildman–Crippen MR) is 65.0 cm³/mol. The third kappa shape index (κ3) is 3.29. The molecule has 0 unspecified atom stereocenters. The van der Waals surface area contributed by atoms with Crippen LogP contribution in [0.2, 0.25) is 0 Å². The minimum Gasteiger partial charge on any atom is -0.480 e. The Balaban J connectivity index is 2.00. The Morgan fingerprint density at radius 3 is 2.67 bits per heavy atom. The van der Waals surface area contributed by atoms with E-state index in [9.17, 15) is 9.59 Å². The minimum atomic E-state index is -0.961. The molecule has 0 bridgehead atoms. The number of carboxylic acid groups (broad SMARTS) is 1. The molecule has 1 aliphatic carbocycles. The molecule has 0 aliphatic heterocycles. The van der Waals surface area contributed by atoms with Gasteiger partial charge in [-0.25, -0.2) is 0 Å². The van der Waals surface area contributed by atoms with Gasteiger partial charge in [0.05, 0.1) is 6.42 Å². The molecule has 1 aliphatic rings. The fourth-order valence-corrected chi connectivity index (χ4v) is 1.83. The number of hydrogen-bond donors (Lipinski definition) is 1. The van der Waals surface area contributed by atoms with Crippen molar-refractivity contribution in [2.45, 2.75) is 32.2 Å². The SMILES string of the molecule is Cc1ccc(CC(=O)N(CC(=O)O)C2CC2)cn1. The highest BCUT2D eigenvalue weighted by molar-refractivity contribution is 5.83. The summed E-state index contributed by atoms with van der Waals surface area (Å²) < 4.78 is 0. The van der Waals surface area contributed by atoms with Gasteiger partial charge in [0.2, 0.25) is 5.91 Å². The summed E-state index contributed by atoms with van der Waals surface area (Å²) >= 11 is 0. The van der Waals surface area contributed by atoms with E-state index in [4.69, 9.17) is 5.11 Å². The number of amides is 1. The van der Waals surface area contributed by atoms with Gasteiger partial charge < -0.3 is 10.0 Å². The molecule has 1 heterocycles. The Morgan fingerprint density at radius 1 is 1.44 bits per heavy atom. The predicted octanol–water partition coefficient (Wildman–Crippen LogP) is 1.01. The fraction of sp³-hybridized carbons (Fsp3) is 0.462. The normalized spacial score (nSPS) is 14.3. The van der Waals surface area contributed by atoms with E-state index in [1.807, 2.05) is 19.1 Å². The maximum absolute atomic E-state index is 12.0. The van der Waals surface area contributed by atoms with E-state index in [-0.39, 0.29) is 24.9 Å². The molecular weight excluding hydrogens is 232 g/mol. The highest BCUT2D eigenvalue weighted by Gasteiger charge is 2.33. The number of pyridine rings is 1. The van der Waals surface area contributed by atoms with Gasteiger partial charge in [-0.2, -0.15) is 0 Å². The molecule has 18 heavy (non-hydrogen) atoms. The van der Waals surface area contributed by atoms with Gasteiger partial charge in [-0.3, -0.25) is 14.6 Å². The minimum absolute atomic E-state index is 0.118. The van der Waals surface area contributed by atoms with Gasteiger partial charge in [0.15, 0.2) is 0 Å². The molecule has 0 aromatic carbocycles. The van der Waals surface area contributed by atoms with Crippen LogP contribution >= 0.6 is 0 Å². The van der Waals surface area contributed by atoms with E-state index in [1.54, 1.807) is 6.20 Å². The second-order valence-corrected chi connectivity index (χ2v) is 4.63. The quantitative estimate of drug-likeness (QED) is 0.844. The zero-order valence-corrected chi connectivity index (χ0v) is 10.3. The van der Waals surface area contributed by atoms with Gasteiger partial charge in [-0.15, -0.1) is 0 Å². The fourth-order valence-electron chi connectivity index (χ4n) is 1.83. The second kappa shape index (κ2) is 5.16. The van der Waals surface area contributed by atoms with Gasteiger partial charge in [0.1, 0.15) is 6.54 Å². The van der Waals surface area contributed by atoms with Crippen LogP contribution in [0.5, 0.6) is 0 Å². The molecule has 2 rings (SSSR count). The third-order valence-corrected chi connectivity index (χ3v) is 2.94. The molecule has 0 saturated heterocycles. The lowest BCUT2D eigenvalue weighted by Crippen LogP contribution is -2.38. The van der Waals surface area contributed by atoms with E-state index >= 15 is 0 Å². The summed E-state index contributed by atoms with van der Waals surface area (Å²) in [6.07, 6.45) is 3.70. The van der Waals surface area contributed by atoms with Gasteiger partial charge in [0.25, 0.3) is 0 Å². The Morgan fingerprint density at radius 2 is 2.17 bits per heavy atom. The lowest BCUT2D eigenvalue weighted by molar-refractivity contribution is -0.144. The average molecular weight is 248 g/mol. The van der Waals surface area contributed by atoms with Crippen molar-refractivity contribution >= 4 is 11.9 Å². The topological polar surface area (TPSA) is 70.5 Å². The van der Waals surface area contributed by atoms with Crippen molar-refractivity contribution in [3.63, 3.8) is 0 Å². The number of carboxylic acids is 1. The lowest BCUT2D eigenvalue weighted by Gasteiger charge is -2.20. The van der Waals surface area contributed by atoms with Crippen molar-refractivity contribution in [2.24, 2.45) is 0 Å². The molecule has 0 radical (unpaired) electrons. The lowest BCUT2D eigenvalue weighted by atomic mass is 10.2. The Kier molecular flexibility index (Phi) is 3.60. The highest BCUT2D eigenvalue weighted by Crippen LogP contribution is 2.27. The molecule has 1 amide bonds. The Bertz CT molecular complexity index is 452. The number of nitrogens with zero attached hydrogens (tertiary/aromatic N) is 2. The maximum Gasteiger partial charge on any atom is 0.323 e. The molecule has 5 nitrogen and oxygen atoms in total. The number of aryl methyl sites for hydroxylation is 1. The summed E-state index contributed by atoms with van der Waals surface area (Å²) in [6.45, 7) is 1.68. The summed E-state index contributed by atoms with van der Waals surface area (Å²) in [7, 11) is 0. The van der Waals surface area contributed by atoms with Crippen molar-refractivity contribution in [3.05, 3.63) is 29.6 Å². The van der Waals surface area contributed by atoms with Crippen LogP contribution in [0.4, 0.5) is 0 Å². The van der Waals surface area contributed by atoms with Gasteiger partial charge in [-0.1, -0.05) is 6.07 Å². The number of carbonyl (C=O) groups is 2. The average Bonchev–Trinajstić information content (AvgIpc) is 3.12. The molecule has 5 heteroatoms. The molecule has 1 fully saturated rings. The summed E-state index contributed by atoms with van der Waals surface area (Å²) in [5.41, 5.74) is 1.72. The molecule has 0 spiro atoms. The van der Waals surface area contributed by atoms with Crippen LogP contribution in [0.3, 0.4) is 0 Å². The van der Waals surface area contributed by atoms with Gasteiger partial charge >= 0.3 is 5.97 Å². The largest absolute Gasteiger partial charge is 0.480 e. The number of rotatable bonds is 5. The van der Waals surface area contributed by atoms with Crippen molar-refractivity contribution in [1.29, 1.82) is 0 Å². The molecule has 1 N–H and O–H groups in total. The first-order valence-corrected chi connectivity index (χ1v) is 5.99. The van der Waals surface area contributed by atoms with E-state index < -0.39 is 5.97 Å². The van der Waals surface area contributed by atoms with Crippen LogP contribution in [0.1, 0.15) is 24.1 Å². The molecule has 1 saturated carbocycles. The van der Waals surface area contributed by atoms with Crippen LogP contribution < -0.4 is 0 Å². The number of aromatic nitrogens is 1. The molecule has 96 valence electrons. The number of aliphatic carboxylic acids is 1. The van der Waals surface area contributed by atoms with Crippen LogP contribution in [-0.4, -0.2) is 39.5 Å². The first-order chi connectivity index (χ1) is 8.56. The van der Waals surface area contributed by atoms with Crippen molar-refractivity contribution < 1.29 is 14.7 Å². The summed E-state index contributed by atoms with van der Waals surface area (Å²) in [6, 6.07) is 3.82. The Hall–Kier alpha value is -1.91. The number of hydrogen-bond acceptors (Lipinski definition) is 3. The van der Waals surface area contributed by atoms with Crippen LogP contribution in [-0.2, 0) is 16.0 Å². The molecule has 1 aromatic rings. The Labute approximate surface area is 105 Å². The van der Waals surface area contributed by atoms with Crippen LogP contribution in [0, 0.1) is 6.92 Å². The van der Waals surface area contributed by atoms with Crippen LogP contribution in [0.25, 0.3) is 0 Å². The first-order valence-electron chi connectivity index (χ1n) is 5.99. The third-order valence-electron chi connectivity index (χ3n) is 2.94. The summed E-state index contributed by atoms with van der Waals surface area (Å²) in [5.74, 6) is -1.09. The van der Waals surface area contributed by atoms with E-state index in [0.29, 0.717) is 0 Å². The van der Waals surface area contributed by atoms with E-state index in [1.165, 1.54) is 4.90 Å². The molecular formula is C13H16N2O3. The van der Waals surface area contributed by atoms with Gasteiger partial charge in [0, 0.05) is 17.9 Å². The maximum atomic E-state index is 12.0. The first kappa shape index (κ1) is 12.5. The smallest absolute Gasteiger partial charge is 0.323 e. The number of carbonyl (C=O) groups excluding carboxylic acids is 1. The molecule has 0 atom stereocenters. The van der Waals surface area contributed by atoms with Crippen molar-refractivity contribution in [3.8, 4) is 0 Å². The monoisotopic (exact) mass is 248 g/mol. The summed E-state index contributed by atoms with van der Waals surface area (Å²) in [5, 5.41) is 8.81. The zero-order chi connectivity index (χ0) is 13.1. The van der Waals surface area contributed by atoms with E-state index in [2.05, 4.69) is 4.98 Å².